The van der Waals surface area contributed by atoms with Crippen molar-refractivity contribution in [2.75, 3.05) is 0 Å². The van der Waals surface area contributed by atoms with Gasteiger partial charge in [0, 0.05) is 21.9 Å². The van der Waals surface area contributed by atoms with Crippen LogP contribution in [0.1, 0.15) is 37.5 Å². The van der Waals surface area contributed by atoms with Gasteiger partial charge in [-0.15, -0.1) is 11.3 Å². The van der Waals surface area contributed by atoms with Crippen LogP contribution in [0.25, 0.3) is 0 Å². The first-order valence-corrected chi connectivity index (χ1v) is 7.42. The highest BCUT2D eigenvalue weighted by Crippen LogP contribution is 2.29. The molecule has 1 fully saturated rings. The molecule has 0 bridgehead atoms. The Labute approximate surface area is 104 Å². The molecule has 0 aromatic carbocycles. The largest absolute Gasteiger partial charge is 0.309 e. The van der Waals surface area contributed by atoms with E-state index in [1.54, 1.807) is 0 Å². The van der Waals surface area contributed by atoms with Crippen LogP contribution in [0.4, 0.5) is 0 Å². The first-order valence-electron chi connectivity index (χ1n) is 5.74. The smallest absolute Gasteiger partial charge is 0.0327 e. The molecule has 3 heteroatoms. The van der Waals surface area contributed by atoms with Crippen LogP contribution in [0.5, 0.6) is 0 Å². The highest BCUT2D eigenvalue weighted by molar-refractivity contribution is 9.10. The van der Waals surface area contributed by atoms with Crippen LogP contribution in [0.15, 0.2) is 15.9 Å². The summed E-state index contributed by atoms with van der Waals surface area (Å²) >= 11 is 5.40. The van der Waals surface area contributed by atoms with Crippen molar-refractivity contribution >= 4 is 27.3 Å². The number of halogens is 1. The number of rotatable bonds is 4. The summed E-state index contributed by atoms with van der Waals surface area (Å²) in [6.45, 7) is 3.34. The van der Waals surface area contributed by atoms with Gasteiger partial charge in [-0.2, -0.15) is 0 Å². The van der Waals surface area contributed by atoms with Crippen LogP contribution >= 0.6 is 27.3 Å². The van der Waals surface area contributed by atoms with E-state index in [9.17, 15) is 0 Å². The molecule has 2 unspecified atom stereocenters. The molecule has 0 spiro atoms. The van der Waals surface area contributed by atoms with E-state index in [-0.39, 0.29) is 0 Å². The molecule has 1 saturated carbocycles. The lowest BCUT2D eigenvalue weighted by molar-refractivity contribution is 0.478. The second-order valence-electron chi connectivity index (χ2n) is 4.36. The van der Waals surface area contributed by atoms with Crippen molar-refractivity contribution in [3.8, 4) is 0 Å². The normalized spacial score (nSPS) is 26.0. The molecule has 1 nitrogen and oxygen atoms in total. The number of thiophene rings is 1. The van der Waals surface area contributed by atoms with Gasteiger partial charge in [-0.1, -0.05) is 13.3 Å². The Morgan fingerprint density at radius 1 is 1.53 bits per heavy atom. The van der Waals surface area contributed by atoms with E-state index in [4.69, 9.17) is 0 Å². The Morgan fingerprint density at radius 2 is 2.40 bits per heavy atom. The molecular formula is C12H18BrNS. The van der Waals surface area contributed by atoms with Gasteiger partial charge >= 0.3 is 0 Å². The molecule has 84 valence electrons. The third-order valence-electron chi connectivity index (χ3n) is 3.36. The van der Waals surface area contributed by atoms with Gasteiger partial charge in [0.15, 0.2) is 0 Å². The van der Waals surface area contributed by atoms with Gasteiger partial charge < -0.3 is 5.32 Å². The van der Waals surface area contributed by atoms with Gasteiger partial charge in [0.2, 0.25) is 0 Å². The molecule has 1 N–H and O–H groups in total. The maximum atomic E-state index is 3.67. The zero-order valence-electron chi connectivity index (χ0n) is 9.13. The summed E-state index contributed by atoms with van der Waals surface area (Å²) in [4.78, 5) is 1.43. The number of nitrogens with one attached hydrogen (secondary N) is 1. The van der Waals surface area contributed by atoms with Gasteiger partial charge in [-0.3, -0.25) is 0 Å². The average Bonchev–Trinajstić information content (AvgIpc) is 2.84. The molecule has 2 atom stereocenters. The minimum atomic E-state index is 0.754. The predicted molar refractivity (Wildman–Crippen MR) is 70.3 cm³/mol. The van der Waals surface area contributed by atoms with Crippen molar-refractivity contribution in [2.45, 2.75) is 45.2 Å². The second-order valence-corrected chi connectivity index (χ2v) is 6.21. The van der Waals surface area contributed by atoms with E-state index in [1.807, 2.05) is 11.3 Å². The SMILES string of the molecule is CCC1CCC(NCc2sccc2Br)C1. The Balaban J connectivity index is 1.77. The number of hydrogen-bond acceptors (Lipinski definition) is 2. The predicted octanol–water partition coefficient (Wildman–Crippen LogP) is 4.18. The summed E-state index contributed by atoms with van der Waals surface area (Å²) < 4.78 is 1.25. The molecule has 1 aliphatic carbocycles. The van der Waals surface area contributed by atoms with Gasteiger partial charge in [0.05, 0.1) is 0 Å². The van der Waals surface area contributed by atoms with E-state index >= 15 is 0 Å². The molecule has 0 amide bonds. The summed E-state index contributed by atoms with van der Waals surface area (Å²) in [7, 11) is 0. The lowest BCUT2D eigenvalue weighted by atomic mass is 10.1. The Hall–Kier alpha value is 0.140. The molecule has 0 saturated heterocycles. The Kier molecular flexibility index (Phi) is 4.23. The summed E-state index contributed by atoms with van der Waals surface area (Å²) in [5, 5.41) is 5.81. The molecule has 1 heterocycles. The third-order valence-corrected chi connectivity index (χ3v) is 5.29. The standard InChI is InChI=1S/C12H18BrNS/c1-2-9-3-4-10(7-9)14-8-12-11(13)5-6-15-12/h5-6,9-10,14H,2-4,7-8H2,1H3. The minimum absolute atomic E-state index is 0.754. The summed E-state index contributed by atoms with van der Waals surface area (Å²) in [6.07, 6.45) is 5.50. The van der Waals surface area contributed by atoms with Crippen LogP contribution in [-0.4, -0.2) is 6.04 Å². The molecule has 2 rings (SSSR count). The maximum Gasteiger partial charge on any atom is 0.0327 e. The van der Waals surface area contributed by atoms with Crippen molar-refractivity contribution in [1.82, 2.24) is 5.32 Å². The van der Waals surface area contributed by atoms with E-state index in [2.05, 4.69) is 39.6 Å². The summed E-state index contributed by atoms with van der Waals surface area (Å²) in [6, 6.07) is 2.88. The van der Waals surface area contributed by atoms with Gasteiger partial charge in [-0.05, 0) is 52.6 Å². The first kappa shape index (κ1) is 11.6. The fourth-order valence-electron chi connectivity index (χ4n) is 2.32. The zero-order valence-corrected chi connectivity index (χ0v) is 11.5. The van der Waals surface area contributed by atoms with Crippen molar-refractivity contribution in [2.24, 2.45) is 5.92 Å². The fraction of sp³-hybridized carbons (Fsp3) is 0.667. The average molecular weight is 288 g/mol. The van der Waals surface area contributed by atoms with Gasteiger partial charge in [0.1, 0.15) is 0 Å². The molecule has 0 radical (unpaired) electrons. The number of hydrogen-bond donors (Lipinski definition) is 1. The van der Waals surface area contributed by atoms with E-state index in [0.29, 0.717) is 0 Å². The lowest BCUT2D eigenvalue weighted by Crippen LogP contribution is -2.25. The van der Waals surface area contributed by atoms with E-state index in [1.165, 1.54) is 35.0 Å². The van der Waals surface area contributed by atoms with Gasteiger partial charge in [0.25, 0.3) is 0 Å². The Morgan fingerprint density at radius 3 is 3.00 bits per heavy atom. The minimum Gasteiger partial charge on any atom is -0.309 e. The zero-order chi connectivity index (χ0) is 10.7. The summed E-state index contributed by atoms with van der Waals surface area (Å²) in [5.41, 5.74) is 0. The molecule has 1 aliphatic rings. The van der Waals surface area contributed by atoms with Crippen LogP contribution < -0.4 is 5.32 Å². The second kappa shape index (κ2) is 5.46. The van der Waals surface area contributed by atoms with Crippen LogP contribution in [-0.2, 0) is 6.54 Å². The Bertz CT molecular complexity index is 310. The van der Waals surface area contributed by atoms with E-state index in [0.717, 1.165) is 18.5 Å². The quantitative estimate of drug-likeness (QED) is 0.876. The highest BCUT2D eigenvalue weighted by Gasteiger charge is 2.22. The van der Waals surface area contributed by atoms with Crippen LogP contribution in [0.2, 0.25) is 0 Å². The molecule has 1 aromatic heterocycles. The topological polar surface area (TPSA) is 12.0 Å². The molecule has 15 heavy (non-hydrogen) atoms. The highest BCUT2D eigenvalue weighted by atomic mass is 79.9. The van der Waals surface area contributed by atoms with Crippen molar-refractivity contribution in [3.63, 3.8) is 0 Å². The van der Waals surface area contributed by atoms with Crippen LogP contribution in [0, 0.1) is 5.92 Å². The van der Waals surface area contributed by atoms with E-state index < -0.39 is 0 Å². The molecule has 1 aromatic rings. The summed E-state index contributed by atoms with van der Waals surface area (Å²) in [5.74, 6) is 0.967. The maximum absolute atomic E-state index is 3.67. The lowest BCUT2D eigenvalue weighted by Gasteiger charge is -2.12. The van der Waals surface area contributed by atoms with Crippen LogP contribution in [0.3, 0.4) is 0 Å². The van der Waals surface area contributed by atoms with Crippen molar-refractivity contribution < 1.29 is 0 Å². The molecular weight excluding hydrogens is 270 g/mol. The monoisotopic (exact) mass is 287 g/mol. The third kappa shape index (κ3) is 3.05. The van der Waals surface area contributed by atoms with Crippen molar-refractivity contribution in [3.05, 3.63) is 20.8 Å². The van der Waals surface area contributed by atoms with Gasteiger partial charge in [-0.25, -0.2) is 0 Å². The first-order chi connectivity index (χ1) is 7.29. The fourth-order valence-corrected chi connectivity index (χ4v) is 3.76. The molecule has 0 aliphatic heterocycles. The van der Waals surface area contributed by atoms with Crippen molar-refractivity contribution in [1.29, 1.82) is 0 Å².